The molecule has 1 aliphatic rings. The van der Waals surface area contributed by atoms with Crippen LogP contribution >= 0.6 is 35.6 Å². The summed E-state index contributed by atoms with van der Waals surface area (Å²) in [6, 6.07) is 11.9. The molecule has 1 aliphatic heterocycles. The van der Waals surface area contributed by atoms with E-state index in [4.69, 9.17) is 23.8 Å². The Bertz CT molecular complexity index is 881. The molecule has 3 rings (SSSR count). The third kappa shape index (κ3) is 3.71. The highest BCUT2D eigenvalue weighted by molar-refractivity contribution is 8.27. The summed E-state index contributed by atoms with van der Waals surface area (Å²) < 4.78 is 13.7. The van der Waals surface area contributed by atoms with Crippen LogP contribution in [-0.4, -0.2) is 24.3 Å². The molecule has 0 aliphatic carbocycles. The molecular formula is C18H14ClFN2OS2. The Labute approximate surface area is 160 Å². The van der Waals surface area contributed by atoms with Crippen molar-refractivity contribution in [3.05, 3.63) is 63.8 Å². The summed E-state index contributed by atoms with van der Waals surface area (Å²) in [5, 5.41) is -0.0465. The fraction of sp³-hybridized carbons (Fsp3) is 0.111. The van der Waals surface area contributed by atoms with Gasteiger partial charge in [0.25, 0.3) is 5.91 Å². The summed E-state index contributed by atoms with van der Waals surface area (Å²) in [5.41, 5.74) is 2.44. The number of thioether (sulfide) groups is 1. The van der Waals surface area contributed by atoms with Gasteiger partial charge >= 0.3 is 0 Å². The van der Waals surface area contributed by atoms with Crippen LogP contribution in [-0.2, 0) is 4.79 Å². The Balaban J connectivity index is 1.88. The molecule has 0 unspecified atom stereocenters. The van der Waals surface area contributed by atoms with Crippen molar-refractivity contribution in [3.63, 3.8) is 0 Å². The molecule has 1 saturated heterocycles. The zero-order valence-electron chi connectivity index (χ0n) is 13.5. The first-order valence-electron chi connectivity index (χ1n) is 7.37. The van der Waals surface area contributed by atoms with Gasteiger partial charge in [-0.3, -0.25) is 9.69 Å². The van der Waals surface area contributed by atoms with E-state index in [-0.39, 0.29) is 10.9 Å². The molecular weight excluding hydrogens is 379 g/mol. The van der Waals surface area contributed by atoms with E-state index in [1.807, 2.05) is 43.3 Å². The number of amides is 1. The average Bonchev–Trinajstić information content (AvgIpc) is 2.85. The second-order valence-corrected chi connectivity index (χ2v) is 7.68. The van der Waals surface area contributed by atoms with Gasteiger partial charge in [-0.25, -0.2) is 4.39 Å². The lowest BCUT2D eigenvalue weighted by molar-refractivity contribution is -0.113. The van der Waals surface area contributed by atoms with E-state index in [1.165, 1.54) is 34.9 Å². The molecule has 128 valence electrons. The van der Waals surface area contributed by atoms with Crippen molar-refractivity contribution in [2.45, 2.75) is 0 Å². The first kappa shape index (κ1) is 17.9. The number of thiocarbonyl (C=S) groups is 1. The molecule has 0 saturated carbocycles. The first-order chi connectivity index (χ1) is 11.9. The average molecular weight is 393 g/mol. The number of halogens is 2. The molecule has 0 atom stereocenters. The van der Waals surface area contributed by atoms with Gasteiger partial charge in [0.15, 0.2) is 4.32 Å². The van der Waals surface area contributed by atoms with Crippen molar-refractivity contribution < 1.29 is 9.18 Å². The number of carbonyl (C=O) groups excluding carboxylic acids is 1. The van der Waals surface area contributed by atoms with E-state index in [2.05, 4.69) is 0 Å². The maximum absolute atomic E-state index is 13.3. The lowest BCUT2D eigenvalue weighted by Crippen LogP contribution is -2.27. The predicted molar refractivity (Wildman–Crippen MR) is 108 cm³/mol. The molecule has 1 heterocycles. The molecule has 7 heteroatoms. The highest BCUT2D eigenvalue weighted by Crippen LogP contribution is 2.37. The van der Waals surface area contributed by atoms with Gasteiger partial charge in [-0.05, 0) is 42.0 Å². The monoisotopic (exact) mass is 392 g/mol. The molecule has 25 heavy (non-hydrogen) atoms. The Morgan fingerprint density at radius 3 is 2.48 bits per heavy atom. The van der Waals surface area contributed by atoms with Gasteiger partial charge in [0.05, 0.1) is 15.6 Å². The molecule has 0 aromatic heterocycles. The second-order valence-electron chi connectivity index (χ2n) is 5.60. The van der Waals surface area contributed by atoms with Crippen LogP contribution in [0.4, 0.5) is 15.8 Å². The summed E-state index contributed by atoms with van der Waals surface area (Å²) >= 11 is 12.3. The van der Waals surface area contributed by atoms with Crippen molar-refractivity contribution in [2.24, 2.45) is 0 Å². The zero-order chi connectivity index (χ0) is 18.1. The van der Waals surface area contributed by atoms with Crippen LogP contribution in [0.5, 0.6) is 0 Å². The van der Waals surface area contributed by atoms with Crippen LogP contribution in [0.25, 0.3) is 6.08 Å². The minimum absolute atomic E-state index is 0.0465. The van der Waals surface area contributed by atoms with Gasteiger partial charge in [0, 0.05) is 19.8 Å². The number of benzene rings is 2. The van der Waals surface area contributed by atoms with Crippen LogP contribution in [0.1, 0.15) is 5.56 Å². The van der Waals surface area contributed by atoms with Crippen molar-refractivity contribution in [3.8, 4) is 0 Å². The van der Waals surface area contributed by atoms with Crippen LogP contribution in [0.3, 0.4) is 0 Å². The maximum Gasteiger partial charge on any atom is 0.270 e. The lowest BCUT2D eigenvalue weighted by atomic mass is 10.2. The molecule has 1 fully saturated rings. The number of anilines is 2. The highest BCUT2D eigenvalue weighted by atomic mass is 35.5. The highest BCUT2D eigenvalue weighted by Gasteiger charge is 2.33. The summed E-state index contributed by atoms with van der Waals surface area (Å²) in [6.45, 7) is 0. The van der Waals surface area contributed by atoms with Gasteiger partial charge in [0.1, 0.15) is 5.82 Å². The van der Waals surface area contributed by atoms with E-state index in [0.717, 1.165) is 11.3 Å². The van der Waals surface area contributed by atoms with Gasteiger partial charge in [-0.1, -0.05) is 47.7 Å². The van der Waals surface area contributed by atoms with Crippen molar-refractivity contribution in [1.82, 2.24) is 0 Å². The van der Waals surface area contributed by atoms with Crippen molar-refractivity contribution in [2.75, 3.05) is 23.9 Å². The Morgan fingerprint density at radius 2 is 1.88 bits per heavy atom. The van der Waals surface area contributed by atoms with E-state index < -0.39 is 5.82 Å². The SMILES string of the molecule is CN(C)c1ccc(C=C2SC(=S)N(c3ccc(F)c(Cl)c3)C2=O)cc1. The number of rotatable bonds is 3. The summed E-state index contributed by atoms with van der Waals surface area (Å²) in [7, 11) is 3.93. The van der Waals surface area contributed by atoms with Crippen LogP contribution in [0.2, 0.25) is 5.02 Å². The molecule has 0 radical (unpaired) electrons. The third-order valence-corrected chi connectivity index (χ3v) is 5.25. The van der Waals surface area contributed by atoms with Crippen LogP contribution < -0.4 is 9.80 Å². The second kappa shape index (κ2) is 7.15. The topological polar surface area (TPSA) is 23.6 Å². The van der Waals surface area contributed by atoms with Gasteiger partial charge in [-0.2, -0.15) is 0 Å². The fourth-order valence-corrected chi connectivity index (χ4v) is 3.81. The molecule has 0 bridgehead atoms. The molecule has 0 N–H and O–H groups in total. The molecule has 1 amide bonds. The van der Waals surface area contributed by atoms with E-state index in [9.17, 15) is 9.18 Å². The van der Waals surface area contributed by atoms with E-state index in [0.29, 0.717) is 14.9 Å². The number of hydrogen-bond donors (Lipinski definition) is 0. The largest absolute Gasteiger partial charge is 0.378 e. The van der Waals surface area contributed by atoms with Gasteiger partial charge in [0.2, 0.25) is 0 Å². The Hall–Kier alpha value is -1.89. The maximum atomic E-state index is 13.3. The van der Waals surface area contributed by atoms with E-state index in [1.54, 1.807) is 6.08 Å². The minimum atomic E-state index is -0.535. The minimum Gasteiger partial charge on any atom is -0.378 e. The number of carbonyl (C=O) groups is 1. The predicted octanol–water partition coefficient (Wildman–Crippen LogP) is 4.95. The number of nitrogens with zero attached hydrogens (tertiary/aromatic N) is 2. The standard InChI is InChI=1S/C18H14ClFN2OS2/c1-21(2)12-5-3-11(4-6-12)9-16-17(23)22(18(24)25-16)13-7-8-15(20)14(19)10-13/h3-10H,1-2H3. The van der Waals surface area contributed by atoms with Gasteiger partial charge < -0.3 is 4.90 Å². The first-order valence-corrected chi connectivity index (χ1v) is 8.97. The van der Waals surface area contributed by atoms with Crippen molar-refractivity contribution in [1.29, 1.82) is 0 Å². The molecule has 3 nitrogen and oxygen atoms in total. The molecule has 0 spiro atoms. The summed E-state index contributed by atoms with van der Waals surface area (Å²) in [5.74, 6) is -0.776. The third-order valence-electron chi connectivity index (χ3n) is 3.66. The zero-order valence-corrected chi connectivity index (χ0v) is 15.9. The Kier molecular flexibility index (Phi) is 5.13. The lowest BCUT2D eigenvalue weighted by Gasteiger charge is -2.14. The molecule has 2 aromatic carbocycles. The quantitative estimate of drug-likeness (QED) is 0.544. The summed E-state index contributed by atoms with van der Waals surface area (Å²) in [4.78, 5) is 16.6. The number of hydrogen-bond acceptors (Lipinski definition) is 4. The van der Waals surface area contributed by atoms with Gasteiger partial charge in [-0.15, -0.1) is 0 Å². The molecule has 2 aromatic rings. The van der Waals surface area contributed by atoms with Crippen molar-refractivity contribution >= 4 is 63.3 Å². The van der Waals surface area contributed by atoms with E-state index >= 15 is 0 Å². The van der Waals surface area contributed by atoms with Crippen LogP contribution in [0, 0.1) is 5.82 Å². The summed E-state index contributed by atoms with van der Waals surface area (Å²) in [6.07, 6.45) is 1.80. The fourth-order valence-electron chi connectivity index (χ4n) is 2.33. The van der Waals surface area contributed by atoms with Crippen LogP contribution in [0.15, 0.2) is 47.4 Å². The Morgan fingerprint density at radius 1 is 1.20 bits per heavy atom. The normalized spacial score (nSPS) is 16.0. The smallest absolute Gasteiger partial charge is 0.270 e.